The number of anilines is 2. The number of benzene rings is 2. The average molecular weight is 346 g/mol. The van der Waals surface area contributed by atoms with Gasteiger partial charge in [0.05, 0.1) is 4.92 Å². The maximum atomic E-state index is 13.2. The Morgan fingerprint density at radius 2 is 2.00 bits per heavy atom. The highest BCUT2D eigenvalue weighted by Gasteiger charge is 2.14. The first-order valence-corrected chi connectivity index (χ1v) is 6.30. The van der Waals surface area contributed by atoms with Crippen LogP contribution in [0.5, 0.6) is 0 Å². The first kappa shape index (κ1) is 13.8. The molecule has 0 saturated carbocycles. The quantitative estimate of drug-likeness (QED) is 0.636. The lowest BCUT2D eigenvalue weighted by molar-refractivity contribution is -0.384. The SMILES string of the molecule is O=[N+]([O-])c1cc(Br)ccc1Nc1cc(F)cc(Cl)c1. The van der Waals surface area contributed by atoms with E-state index >= 15 is 0 Å². The summed E-state index contributed by atoms with van der Waals surface area (Å²) in [6, 6.07) is 8.39. The number of hydrogen-bond donors (Lipinski definition) is 1. The van der Waals surface area contributed by atoms with Gasteiger partial charge in [-0.3, -0.25) is 10.1 Å². The van der Waals surface area contributed by atoms with E-state index < -0.39 is 10.7 Å². The number of nitrogens with one attached hydrogen (secondary N) is 1. The molecule has 0 aromatic heterocycles. The van der Waals surface area contributed by atoms with Crippen molar-refractivity contribution in [2.45, 2.75) is 0 Å². The first-order chi connectivity index (χ1) is 8.95. The molecule has 0 bridgehead atoms. The second kappa shape index (κ2) is 5.54. The van der Waals surface area contributed by atoms with E-state index in [4.69, 9.17) is 11.6 Å². The standard InChI is InChI=1S/C12H7BrClFN2O2/c13-7-1-2-11(12(3-7)17(18)19)16-10-5-8(14)4-9(15)6-10/h1-6,16H. The summed E-state index contributed by atoms with van der Waals surface area (Å²) in [6.45, 7) is 0. The topological polar surface area (TPSA) is 55.2 Å². The van der Waals surface area contributed by atoms with Gasteiger partial charge in [0.15, 0.2) is 0 Å². The lowest BCUT2D eigenvalue weighted by Crippen LogP contribution is -1.97. The molecule has 0 aliphatic rings. The lowest BCUT2D eigenvalue weighted by atomic mass is 10.2. The largest absolute Gasteiger partial charge is 0.350 e. The molecule has 1 N–H and O–H groups in total. The van der Waals surface area contributed by atoms with Gasteiger partial charge < -0.3 is 5.32 Å². The van der Waals surface area contributed by atoms with Gasteiger partial charge in [-0.15, -0.1) is 0 Å². The number of rotatable bonds is 3. The number of nitro groups is 1. The summed E-state index contributed by atoms with van der Waals surface area (Å²) in [4.78, 5) is 10.4. The zero-order valence-electron chi connectivity index (χ0n) is 9.36. The van der Waals surface area contributed by atoms with Crippen LogP contribution in [0, 0.1) is 15.9 Å². The Morgan fingerprint density at radius 3 is 2.63 bits per heavy atom. The fourth-order valence-electron chi connectivity index (χ4n) is 1.54. The minimum atomic E-state index is -0.520. The molecule has 0 atom stereocenters. The van der Waals surface area contributed by atoms with Gasteiger partial charge in [0, 0.05) is 21.2 Å². The van der Waals surface area contributed by atoms with Gasteiger partial charge in [-0.05, 0) is 30.3 Å². The molecular formula is C12H7BrClFN2O2. The van der Waals surface area contributed by atoms with Crippen molar-refractivity contribution in [3.05, 3.63) is 61.8 Å². The fourth-order valence-corrected chi connectivity index (χ4v) is 2.11. The zero-order chi connectivity index (χ0) is 14.0. The van der Waals surface area contributed by atoms with Gasteiger partial charge in [-0.2, -0.15) is 0 Å². The van der Waals surface area contributed by atoms with E-state index in [9.17, 15) is 14.5 Å². The van der Waals surface area contributed by atoms with Crippen molar-refractivity contribution in [3.8, 4) is 0 Å². The Bertz CT molecular complexity index is 631. The molecule has 0 amide bonds. The molecule has 0 spiro atoms. The molecule has 19 heavy (non-hydrogen) atoms. The molecule has 0 saturated heterocycles. The third-order valence-corrected chi connectivity index (χ3v) is 3.01. The third-order valence-electron chi connectivity index (χ3n) is 2.30. The fraction of sp³-hybridized carbons (Fsp3) is 0. The molecule has 0 aliphatic heterocycles. The monoisotopic (exact) mass is 344 g/mol. The van der Waals surface area contributed by atoms with Crippen molar-refractivity contribution in [1.29, 1.82) is 0 Å². The Morgan fingerprint density at radius 1 is 1.26 bits per heavy atom. The summed E-state index contributed by atoms with van der Waals surface area (Å²) in [5.74, 6) is -0.519. The molecule has 2 aromatic carbocycles. The summed E-state index contributed by atoms with van der Waals surface area (Å²) < 4.78 is 13.8. The van der Waals surface area contributed by atoms with Gasteiger partial charge >= 0.3 is 0 Å². The van der Waals surface area contributed by atoms with Crippen LogP contribution >= 0.6 is 27.5 Å². The summed E-state index contributed by atoms with van der Waals surface area (Å²) in [7, 11) is 0. The van der Waals surface area contributed by atoms with Gasteiger partial charge in [0.25, 0.3) is 5.69 Å². The smallest absolute Gasteiger partial charge is 0.293 e. The predicted octanol–water partition coefficient (Wildman–Crippen LogP) is 4.89. The van der Waals surface area contributed by atoms with Crippen molar-refractivity contribution in [2.24, 2.45) is 0 Å². The molecule has 0 aliphatic carbocycles. The molecule has 0 fully saturated rings. The van der Waals surface area contributed by atoms with Gasteiger partial charge in [-0.25, -0.2) is 4.39 Å². The Balaban J connectivity index is 2.40. The average Bonchev–Trinajstić information content (AvgIpc) is 2.30. The van der Waals surface area contributed by atoms with Crippen LogP contribution in [-0.2, 0) is 0 Å². The van der Waals surface area contributed by atoms with E-state index in [0.29, 0.717) is 10.2 Å². The van der Waals surface area contributed by atoms with Gasteiger partial charge in [-0.1, -0.05) is 27.5 Å². The second-order valence-electron chi connectivity index (χ2n) is 3.70. The van der Waals surface area contributed by atoms with Crippen molar-refractivity contribution >= 4 is 44.6 Å². The molecule has 0 radical (unpaired) electrons. The van der Waals surface area contributed by atoms with E-state index in [2.05, 4.69) is 21.2 Å². The second-order valence-corrected chi connectivity index (χ2v) is 5.05. The molecular weight excluding hydrogens is 338 g/mol. The van der Waals surface area contributed by atoms with Crippen LogP contribution in [0.1, 0.15) is 0 Å². The van der Waals surface area contributed by atoms with Crippen LogP contribution in [-0.4, -0.2) is 4.92 Å². The molecule has 0 unspecified atom stereocenters. The maximum absolute atomic E-state index is 13.2. The van der Waals surface area contributed by atoms with E-state index in [1.165, 1.54) is 24.3 Å². The van der Waals surface area contributed by atoms with Crippen molar-refractivity contribution in [2.75, 3.05) is 5.32 Å². The van der Waals surface area contributed by atoms with E-state index in [1.54, 1.807) is 6.07 Å². The van der Waals surface area contributed by atoms with Crippen molar-refractivity contribution in [1.82, 2.24) is 0 Å². The molecule has 0 heterocycles. The van der Waals surface area contributed by atoms with E-state index in [0.717, 1.165) is 6.07 Å². The van der Waals surface area contributed by atoms with Crippen LogP contribution in [0.2, 0.25) is 5.02 Å². The predicted molar refractivity (Wildman–Crippen MR) is 75.5 cm³/mol. The lowest BCUT2D eigenvalue weighted by Gasteiger charge is -2.08. The third kappa shape index (κ3) is 3.42. The summed E-state index contributed by atoms with van der Waals surface area (Å²) >= 11 is 8.88. The van der Waals surface area contributed by atoms with Crippen LogP contribution in [0.25, 0.3) is 0 Å². The minimum Gasteiger partial charge on any atom is -0.350 e. The number of nitrogens with zero attached hydrogens (tertiary/aromatic N) is 1. The summed E-state index contributed by atoms with van der Waals surface area (Å²) in [5.41, 5.74) is 0.486. The highest BCUT2D eigenvalue weighted by atomic mass is 79.9. The maximum Gasteiger partial charge on any atom is 0.293 e. The molecule has 98 valence electrons. The van der Waals surface area contributed by atoms with Gasteiger partial charge in [0.2, 0.25) is 0 Å². The van der Waals surface area contributed by atoms with Crippen LogP contribution in [0.4, 0.5) is 21.5 Å². The summed E-state index contributed by atoms with van der Waals surface area (Å²) in [5, 5.41) is 13.9. The van der Waals surface area contributed by atoms with Crippen LogP contribution in [0.3, 0.4) is 0 Å². The number of halogens is 3. The highest BCUT2D eigenvalue weighted by Crippen LogP contribution is 2.31. The minimum absolute atomic E-state index is 0.116. The Labute approximate surface area is 121 Å². The molecule has 2 rings (SSSR count). The first-order valence-electron chi connectivity index (χ1n) is 5.13. The summed E-state index contributed by atoms with van der Waals surface area (Å²) in [6.07, 6.45) is 0. The highest BCUT2D eigenvalue weighted by molar-refractivity contribution is 9.10. The Kier molecular flexibility index (Phi) is 4.01. The van der Waals surface area contributed by atoms with Gasteiger partial charge in [0.1, 0.15) is 11.5 Å². The number of hydrogen-bond acceptors (Lipinski definition) is 3. The number of nitro benzene ring substituents is 1. The Hall–Kier alpha value is -1.66. The van der Waals surface area contributed by atoms with E-state index in [1.807, 2.05) is 0 Å². The molecule has 4 nitrogen and oxygen atoms in total. The normalized spacial score (nSPS) is 10.3. The molecule has 2 aromatic rings. The van der Waals surface area contributed by atoms with Crippen LogP contribution < -0.4 is 5.32 Å². The van der Waals surface area contributed by atoms with Crippen LogP contribution in [0.15, 0.2) is 40.9 Å². The zero-order valence-corrected chi connectivity index (χ0v) is 11.7. The van der Waals surface area contributed by atoms with E-state index in [-0.39, 0.29) is 16.4 Å². The van der Waals surface area contributed by atoms with Crippen molar-refractivity contribution < 1.29 is 9.31 Å². The van der Waals surface area contributed by atoms with Crippen molar-refractivity contribution in [3.63, 3.8) is 0 Å². The molecule has 7 heteroatoms.